The number of nitrogens with one attached hydrogen (secondary N) is 1. The second kappa shape index (κ2) is 7.64. The topological polar surface area (TPSA) is 89.3 Å². The average molecular weight is 444 g/mol. The molecule has 0 fully saturated rings. The standard InChI is InChI=1S/C28H16N2O4/c31-26-17-8-1-2-9-18(17)27(32)25-19(26)10-5-12-22(25)30-28(33)20-15-23(24-13-6-14-34-24)29-21-11-4-3-7-16(20)21/h1-15H,(H,30,33). The van der Waals surface area contributed by atoms with Crippen molar-refractivity contribution in [2.75, 3.05) is 5.32 Å². The lowest BCUT2D eigenvalue weighted by atomic mass is 9.83. The maximum Gasteiger partial charge on any atom is 0.256 e. The molecule has 34 heavy (non-hydrogen) atoms. The molecule has 6 heteroatoms. The first-order valence-electron chi connectivity index (χ1n) is 10.7. The molecular weight excluding hydrogens is 428 g/mol. The van der Waals surface area contributed by atoms with E-state index >= 15 is 0 Å². The normalized spacial score (nSPS) is 12.4. The van der Waals surface area contributed by atoms with Crippen molar-refractivity contribution >= 4 is 34.1 Å². The molecule has 2 heterocycles. The van der Waals surface area contributed by atoms with Crippen LogP contribution in [-0.4, -0.2) is 22.5 Å². The molecular formula is C28H16N2O4. The van der Waals surface area contributed by atoms with Gasteiger partial charge in [-0.05, 0) is 30.3 Å². The maximum absolute atomic E-state index is 13.5. The van der Waals surface area contributed by atoms with E-state index < -0.39 is 5.91 Å². The molecule has 0 bridgehead atoms. The van der Waals surface area contributed by atoms with Crippen LogP contribution in [0.5, 0.6) is 0 Å². The van der Waals surface area contributed by atoms with Gasteiger partial charge in [-0.2, -0.15) is 0 Å². The zero-order chi connectivity index (χ0) is 23.2. The summed E-state index contributed by atoms with van der Waals surface area (Å²) in [6.07, 6.45) is 1.54. The smallest absolute Gasteiger partial charge is 0.256 e. The number of nitrogens with zero attached hydrogens (tertiary/aromatic N) is 1. The molecule has 162 valence electrons. The van der Waals surface area contributed by atoms with Gasteiger partial charge < -0.3 is 9.73 Å². The number of rotatable bonds is 3. The number of hydrogen-bond donors (Lipinski definition) is 1. The number of aromatic nitrogens is 1. The molecule has 0 atom stereocenters. The van der Waals surface area contributed by atoms with Crippen molar-refractivity contribution in [3.63, 3.8) is 0 Å². The van der Waals surface area contributed by atoms with Gasteiger partial charge in [-0.1, -0.05) is 54.6 Å². The second-order valence-electron chi connectivity index (χ2n) is 7.94. The van der Waals surface area contributed by atoms with Gasteiger partial charge in [-0.3, -0.25) is 14.4 Å². The van der Waals surface area contributed by atoms with Crippen LogP contribution in [0, 0.1) is 0 Å². The molecule has 2 aromatic heterocycles. The van der Waals surface area contributed by atoms with Crippen LogP contribution in [0.15, 0.2) is 95.6 Å². The molecule has 0 unspecified atom stereocenters. The Balaban J connectivity index is 1.46. The Hall–Kier alpha value is -4.84. The second-order valence-corrected chi connectivity index (χ2v) is 7.94. The molecule has 0 spiro atoms. The quantitative estimate of drug-likeness (QED) is 0.388. The highest BCUT2D eigenvalue weighted by molar-refractivity contribution is 6.31. The highest BCUT2D eigenvalue weighted by Crippen LogP contribution is 2.33. The summed E-state index contributed by atoms with van der Waals surface area (Å²) >= 11 is 0. The summed E-state index contributed by atoms with van der Waals surface area (Å²) in [6.45, 7) is 0. The van der Waals surface area contributed by atoms with E-state index in [1.165, 1.54) is 0 Å². The van der Waals surface area contributed by atoms with Gasteiger partial charge >= 0.3 is 0 Å². The van der Waals surface area contributed by atoms with Crippen LogP contribution in [0.25, 0.3) is 22.4 Å². The van der Waals surface area contributed by atoms with Crippen molar-refractivity contribution < 1.29 is 18.8 Å². The number of anilines is 1. The number of ketones is 2. The first-order chi connectivity index (χ1) is 16.6. The molecule has 3 aromatic carbocycles. The van der Waals surface area contributed by atoms with Crippen LogP contribution in [0.1, 0.15) is 42.2 Å². The zero-order valence-electron chi connectivity index (χ0n) is 17.7. The maximum atomic E-state index is 13.5. The van der Waals surface area contributed by atoms with Crippen LogP contribution in [0.3, 0.4) is 0 Å². The third-order valence-corrected chi connectivity index (χ3v) is 5.94. The monoisotopic (exact) mass is 444 g/mol. The third kappa shape index (κ3) is 3.04. The van der Waals surface area contributed by atoms with E-state index in [4.69, 9.17) is 4.42 Å². The Kier molecular flexibility index (Phi) is 4.45. The number of para-hydroxylation sites is 1. The largest absolute Gasteiger partial charge is 0.463 e. The SMILES string of the molecule is O=C1c2ccccc2C(=O)c2c(NC(=O)c3cc(-c4ccco4)nc4ccccc34)cccc21. The average Bonchev–Trinajstić information content (AvgIpc) is 3.42. The summed E-state index contributed by atoms with van der Waals surface area (Å²) in [5.41, 5.74) is 2.99. The molecule has 1 aliphatic rings. The van der Waals surface area contributed by atoms with E-state index in [-0.39, 0.29) is 28.4 Å². The highest BCUT2D eigenvalue weighted by atomic mass is 16.3. The molecule has 0 radical (unpaired) electrons. The molecule has 1 N–H and O–H groups in total. The Morgan fingerprint density at radius 3 is 2.29 bits per heavy atom. The summed E-state index contributed by atoms with van der Waals surface area (Å²) in [5, 5.41) is 3.52. The molecule has 1 aliphatic carbocycles. The van der Waals surface area contributed by atoms with Crippen molar-refractivity contribution in [3.05, 3.63) is 119 Å². The Morgan fingerprint density at radius 2 is 1.50 bits per heavy atom. The Labute approximate surface area is 193 Å². The lowest BCUT2D eigenvalue weighted by Gasteiger charge is -2.20. The fourth-order valence-electron chi connectivity index (χ4n) is 4.35. The summed E-state index contributed by atoms with van der Waals surface area (Å²) in [6, 6.07) is 24.1. The number of amides is 1. The van der Waals surface area contributed by atoms with E-state index in [1.54, 1.807) is 66.9 Å². The third-order valence-electron chi connectivity index (χ3n) is 5.94. The van der Waals surface area contributed by atoms with Gasteiger partial charge in [-0.15, -0.1) is 0 Å². The van der Waals surface area contributed by atoms with Crippen LogP contribution in [0.4, 0.5) is 5.69 Å². The van der Waals surface area contributed by atoms with E-state index in [0.29, 0.717) is 39.0 Å². The van der Waals surface area contributed by atoms with Gasteiger partial charge in [0, 0.05) is 22.1 Å². The summed E-state index contributed by atoms with van der Waals surface area (Å²) in [7, 11) is 0. The zero-order valence-corrected chi connectivity index (χ0v) is 17.7. The molecule has 1 amide bonds. The number of pyridine rings is 1. The van der Waals surface area contributed by atoms with Crippen molar-refractivity contribution in [3.8, 4) is 11.5 Å². The lowest BCUT2D eigenvalue weighted by molar-refractivity contribution is 0.0978. The van der Waals surface area contributed by atoms with E-state index in [9.17, 15) is 14.4 Å². The van der Waals surface area contributed by atoms with E-state index in [2.05, 4.69) is 10.3 Å². The predicted molar refractivity (Wildman–Crippen MR) is 127 cm³/mol. The first kappa shape index (κ1) is 19.8. The van der Waals surface area contributed by atoms with Crippen LogP contribution in [-0.2, 0) is 0 Å². The van der Waals surface area contributed by atoms with Crippen molar-refractivity contribution in [1.82, 2.24) is 4.98 Å². The minimum Gasteiger partial charge on any atom is -0.463 e. The lowest BCUT2D eigenvalue weighted by Crippen LogP contribution is -2.24. The van der Waals surface area contributed by atoms with Crippen LogP contribution >= 0.6 is 0 Å². The number of carbonyl (C=O) groups excluding carboxylic acids is 3. The number of carbonyl (C=O) groups is 3. The highest BCUT2D eigenvalue weighted by Gasteiger charge is 2.32. The van der Waals surface area contributed by atoms with Gasteiger partial charge in [0.25, 0.3) is 5.91 Å². The van der Waals surface area contributed by atoms with Gasteiger partial charge in [0.05, 0.1) is 28.6 Å². The van der Waals surface area contributed by atoms with E-state index in [0.717, 1.165) is 0 Å². The Morgan fingerprint density at radius 1 is 0.765 bits per heavy atom. The summed E-state index contributed by atoms with van der Waals surface area (Å²) < 4.78 is 5.48. The molecule has 6 rings (SSSR count). The van der Waals surface area contributed by atoms with Gasteiger partial charge in [0.1, 0.15) is 5.69 Å². The minimum absolute atomic E-state index is 0.198. The number of hydrogen-bond acceptors (Lipinski definition) is 5. The fraction of sp³-hybridized carbons (Fsp3) is 0. The molecule has 0 saturated heterocycles. The van der Waals surface area contributed by atoms with Gasteiger partial charge in [-0.25, -0.2) is 4.98 Å². The Bertz CT molecular complexity index is 1630. The predicted octanol–water partition coefficient (Wildman–Crippen LogP) is 5.52. The van der Waals surface area contributed by atoms with Gasteiger partial charge in [0.15, 0.2) is 17.3 Å². The van der Waals surface area contributed by atoms with Crippen molar-refractivity contribution in [1.29, 1.82) is 0 Å². The molecule has 0 saturated carbocycles. The van der Waals surface area contributed by atoms with Crippen LogP contribution in [0.2, 0.25) is 0 Å². The van der Waals surface area contributed by atoms with E-state index in [1.807, 2.05) is 24.3 Å². The molecule has 5 aromatic rings. The van der Waals surface area contributed by atoms with Crippen molar-refractivity contribution in [2.24, 2.45) is 0 Å². The molecule has 0 aliphatic heterocycles. The first-order valence-corrected chi connectivity index (χ1v) is 10.7. The van der Waals surface area contributed by atoms with Crippen molar-refractivity contribution in [2.45, 2.75) is 0 Å². The van der Waals surface area contributed by atoms with Crippen LogP contribution < -0.4 is 5.32 Å². The molecule has 6 nitrogen and oxygen atoms in total. The van der Waals surface area contributed by atoms with Gasteiger partial charge in [0.2, 0.25) is 0 Å². The summed E-state index contributed by atoms with van der Waals surface area (Å²) in [4.78, 5) is 44.4. The number of benzene rings is 3. The number of fused-ring (bicyclic) bond motifs is 3. The minimum atomic E-state index is -0.418. The number of furan rings is 1. The summed E-state index contributed by atoms with van der Waals surface area (Å²) in [5.74, 6) is -0.416. The fourth-order valence-corrected chi connectivity index (χ4v) is 4.35.